The number of nitrogens with two attached hydrogens (primary N) is 1. The van der Waals surface area contributed by atoms with Crippen molar-refractivity contribution >= 4 is 11.8 Å². The lowest BCUT2D eigenvalue weighted by Gasteiger charge is -2.30. The van der Waals surface area contributed by atoms with Crippen molar-refractivity contribution < 1.29 is 14.4 Å². The molecule has 1 atom stereocenters. The summed E-state index contributed by atoms with van der Waals surface area (Å²) < 4.78 is 0.306. The van der Waals surface area contributed by atoms with Gasteiger partial charge in [-0.1, -0.05) is 89.7 Å². The Morgan fingerprint density at radius 2 is 1.44 bits per heavy atom. The molecule has 0 amide bonds. The Hall–Kier alpha value is -1.46. The number of carboxylic acid groups (broad SMARTS) is 1. The second-order valence-electron chi connectivity index (χ2n) is 9.34. The third kappa shape index (κ3) is 13.2. The standard InChI is InChI=1S/C27H49N3O2/c1-2-3-4-5-6-7-8-9-10-11-12-13-14-15-16-17-18-19-20-26-29-22-24-30(26,23-21-28)25-27(31)32/h7-8,22,24H,2-6,9-21,23,25,28H2,1H3/p+1/b8-7+. The average Bonchev–Trinajstić information content (AvgIpc) is 3.14. The van der Waals surface area contributed by atoms with Gasteiger partial charge in [0.05, 0.1) is 6.20 Å². The van der Waals surface area contributed by atoms with Crippen molar-refractivity contribution in [2.75, 3.05) is 19.6 Å². The van der Waals surface area contributed by atoms with E-state index in [0.717, 1.165) is 18.7 Å². The Bertz CT molecular complexity index is 571. The fraction of sp³-hybridized carbons (Fsp3) is 0.778. The second-order valence-corrected chi connectivity index (χ2v) is 9.34. The molecule has 1 aliphatic heterocycles. The SMILES string of the molecule is CCCCCC/C=C/CCCCCCCCCCCCC1=NC=C[N+]1(CCN)CC(=O)O. The molecule has 184 valence electrons. The molecular weight excluding hydrogens is 398 g/mol. The van der Waals surface area contributed by atoms with E-state index in [2.05, 4.69) is 24.1 Å². The molecule has 1 rings (SSSR count). The zero-order valence-electron chi connectivity index (χ0n) is 20.8. The maximum Gasteiger partial charge on any atom is 0.360 e. The number of rotatable bonds is 22. The quantitative estimate of drug-likeness (QED) is 0.107. The first kappa shape index (κ1) is 28.6. The highest BCUT2D eigenvalue weighted by atomic mass is 16.4. The van der Waals surface area contributed by atoms with Crippen molar-refractivity contribution in [3.63, 3.8) is 0 Å². The van der Waals surface area contributed by atoms with Crippen LogP contribution in [0.15, 0.2) is 29.5 Å². The van der Waals surface area contributed by atoms with E-state index in [9.17, 15) is 9.90 Å². The molecule has 0 saturated carbocycles. The number of allylic oxidation sites excluding steroid dienone is 2. The summed E-state index contributed by atoms with van der Waals surface area (Å²) in [6.45, 7) is 3.38. The summed E-state index contributed by atoms with van der Waals surface area (Å²) >= 11 is 0. The summed E-state index contributed by atoms with van der Waals surface area (Å²) in [4.78, 5) is 15.7. The number of hydrogen-bond donors (Lipinski definition) is 2. The maximum atomic E-state index is 11.3. The van der Waals surface area contributed by atoms with Gasteiger partial charge >= 0.3 is 5.97 Å². The molecule has 0 saturated heterocycles. The fourth-order valence-corrected chi connectivity index (χ4v) is 4.52. The molecule has 1 unspecified atom stereocenters. The second kappa shape index (κ2) is 19.0. The molecule has 1 heterocycles. The Morgan fingerprint density at radius 3 is 1.97 bits per heavy atom. The summed E-state index contributed by atoms with van der Waals surface area (Å²) in [6, 6.07) is 0. The van der Waals surface area contributed by atoms with E-state index in [1.54, 1.807) is 6.20 Å². The van der Waals surface area contributed by atoms with Crippen LogP contribution in [0.25, 0.3) is 0 Å². The van der Waals surface area contributed by atoms with E-state index in [1.807, 2.05) is 6.20 Å². The van der Waals surface area contributed by atoms with Crippen molar-refractivity contribution in [1.29, 1.82) is 0 Å². The maximum absolute atomic E-state index is 11.3. The van der Waals surface area contributed by atoms with Crippen LogP contribution in [-0.2, 0) is 4.79 Å². The van der Waals surface area contributed by atoms with Crippen molar-refractivity contribution in [2.45, 2.75) is 116 Å². The minimum absolute atomic E-state index is 0.0435. The van der Waals surface area contributed by atoms with Gasteiger partial charge in [-0.3, -0.25) is 0 Å². The van der Waals surface area contributed by atoms with E-state index in [0.29, 0.717) is 17.6 Å². The minimum atomic E-state index is -0.799. The van der Waals surface area contributed by atoms with Gasteiger partial charge in [-0.05, 0) is 32.1 Å². The Balaban J connectivity index is 1.94. The molecule has 0 aliphatic carbocycles. The van der Waals surface area contributed by atoms with Gasteiger partial charge in [0.25, 0.3) is 0 Å². The molecule has 0 bridgehead atoms. The lowest BCUT2D eigenvalue weighted by molar-refractivity contribution is -0.778. The molecule has 0 aromatic rings. The predicted octanol–water partition coefficient (Wildman–Crippen LogP) is 6.94. The predicted molar refractivity (Wildman–Crippen MR) is 137 cm³/mol. The van der Waals surface area contributed by atoms with Crippen LogP contribution in [0, 0.1) is 0 Å². The fourth-order valence-electron chi connectivity index (χ4n) is 4.52. The van der Waals surface area contributed by atoms with Crippen LogP contribution in [0.3, 0.4) is 0 Å². The van der Waals surface area contributed by atoms with Crippen LogP contribution < -0.4 is 5.73 Å². The number of aliphatic carboxylic acids is 1. The number of carbonyl (C=O) groups is 1. The number of hydrogen-bond acceptors (Lipinski definition) is 3. The monoisotopic (exact) mass is 448 g/mol. The topological polar surface area (TPSA) is 75.7 Å². The normalized spacial score (nSPS) is 18.0. The highest BCUT2D eigenvalue weighted by Crippen LogP contribution is 2.21. The lowest BCUT2D eigenvalue weighted by Crippen LogP contribution is -2.52. The molecule has 0 fully saturated rings. The van der Waals surface area contributed by atoms with Gasteiger partial charge in [0.2, 0.25) is 5.84 Å². The van der Waals surface area contributed by atoms with Crippen LogP contribution in [0.1, 0.15) is 116 Å². The third-order valence-electron chi connectivity index (χ3n) is 6.45. The number of amidine groups is 1. The van der Waals surface area contributed by atoms with Gasteiger partial charge in [-0.2, -0.15) is 0 Å². The van der Waals surface area contributed by atoms with Crippen LogP contribution in [0.5, 0.6) is 0 Å². The highest BCUT2D eigenvalue weighted by molar-refractivity contribution is 5.81. The first-order chi connectivity index (χ1) is 15.6. The van der Waals surface area contributed by atoms with Gasteiger partial charge in [0.15, 0.2) is 6.54 Å². The van der Waals surface area contributed by atoms with Crippen LogP contribution >= 0.6 is 0 Å². The molecule has 5 heteroatoms. The van der Waals surface area contributed by atoms with Crippen molar-refractivity contribution in [3.05, 3.63) is 24.6 Å². The Kier molecular flexibility index (Phi) is 17.0. The summed E-state index contributed by atoms with van der Waals surface area (Å²) in [5, 5.41) is 9.26. The zero-order valence-corrected chi connectivity index (χ0v) is 20.8. The molecular formula is C27H50N3O2+. The summed E-state index contributed by atoms with van der Waals surface area (Å²) in [6.07, 6.45) is 30.3. The smallest absolute Gasteiger partial charge is 0.360 e. The van der Waals surface area contributed by atoms with Gasteiger partial charge in [0, 0.05) is 13.0 Å². The van der Waals surface area contributed by atoms with Crippen LogP contribution in [0.2, 0.25) is 0 Å². The highest BCUT2D eigenvalue weighted by Gasteiger charge is 2.36. The first-order valence-corrected chi connectivity index (χ1v) is 13.3. The summed E-state index contributed by atoms with van der Waals surface area (Å²) in [7, 11) is 0. The number of unbranched alkanes of at least 4 members (excludes halogenated alkanes) is 14. The Labute approximate surface area is 197 Å². The van der Waals surface area contributed by atoms with Crippen LogP contribution in [-0.4, -0.2) is 41.0 Å². The molecule has 3 N–H and O–H groups in total. The minimum Gasteiger partial charge on any atom is -0.477 e. The van der Waals surface area contributed by atoms with E-state index >= 15 is 0 Å². The average molecular weight is 449 g/mol. The van der Waals surface area contributed by atoms with Gasteiger partial charge in [-0.25, -0.2) is 14.3 Å². The Morgan fingerprint density at radius 1 is 0.906 bits per heavy atom. The summed E-state index contributed by atoms with van der Waals surface area (Å²) in [5.41, 5.74) is 5.73. The van der Waals surface area contributed by atoms with Gasteiger partial charge in [0.1, 0.15) is 12.7 Å². The number of aliphatic imine (C=N–C) groups is 1. The zero-order chi connectivity index (χ0) is 23.3. The summed E-state index contributed by atoms with van der Waals surface area (Å²) in [5.74, 6) is 0.163. The third-order valence-corrected chi connectivity index (χ3v) is 6.45. The number of nitrogens with zero attached hydrogens (tertiary/aromatic N) is 2. The van der Waals surface area contributed by atoms with Crippen molar-refractivity contribution in [3.8, 4) is 0 Å². The lowest BCUT2D eigenvalue weighted by atomic mass is 10.0. The van der Waals surface area contributed by atoms with E-state index in [1.165, 1.54) is 96.3 Å². The molecule has 0 aromatic heterocycles. The van der Waals surface area contributed by atoms with Crippen molar-refractivity contribution in [2.24, 2.45) is 10.7 Å². The first-order valence-electron chi connectivity index (χ1n) is 13.3. The van der Waals surface area contributed by atoms with E-state index in [4.69, 9.17) is 5.73 Å². The van der Waals surface area contributed by atoms with E-state index in [-0.39, 0.29) is 6.54 Å². The molecule has 5 nitrogen and oxygen atoms in total. The molecule has 0 aromatic carbocycles. The molecule has 0 radical (unpaired) electrons. The van der Waals surface area contributed by atoms with Gasteiger partial charge < -0.3 is 10.8 Å². The van der Waals surface area contributed by atoms with Crippen LogP contribution in [0.4, 0.5) is 0 Å². The molecule has 32 heavy (non-hydrogen) atoms. The number of quaternary nitrogens is 1. The van der Waals surface area contributed by atoms with E-state index < -0.39 is 5.97 Å². The van der Waals surface area contributed by atoms with Crippen molar-refractivity contribution in [1.82, 2.24) is 0 Å². The number of carboxylic acids is 1. The van der Waals surface area contributed by atoms with Gasteiger partial charge in [-0.15, -0.1) is 0 Å². The largest absolute Gasteiger partial charge is 0.477 e. The molecule has 0 spiro atoms. The molecule has 1 aliphatic rings.